The van der Waals surface area contributed by atoms with Crippen LogP contribution in [0.5, 0.6) is 0 Å². The first kappa shape index (κ1) is 34.8. The van der Waals surface area contributed by atoms with Gasteiger partial charge in [-0.1, -0.05) is 146 Å². The molecule has 0 atom stereocenters. The quantitative estimate of drug-likeness (QED) is 0.123. The molecule has 0 fully saturated rings. The lowest BCUT2D eigenvalue weighted by Crippen LogP contribution is -2.39. The number of benzene rings is 6. The highest BCUT2D eigenvalue weighted by atomic mass is 16.3. The van der Waals surface area contributed by atoms with Crippen LogP contribution in [-0.4, -0.2) is 34.7 Å². The van der Waals surface area contributed by atoms with Crippen LogP contribution in [0.4, 0.5) is 0 Å². The van der Waals surface area contributed by atoms with Gasteiger partial charge in [-0.3, -0.25) is 0 Å². The average Bonchev–Trinajstić information content (AvgIpc) is 4.00. The molecule has 0 saturated carbocycles. The number of hydrogen-bond acceptors (Lipinski definition) is 6. The summed E-state index contributed by atoms with van der Waals surface area (Å²) in [7, 11) is 0. The molecule has 3 heterocycles. The van der Waals surface area contributed by atoms with Gasteiger partial charge in [0.2, 0.25) is 5.82 Å². The summed E-state index contributed by atoms with van der Waals surface area (Å²) in [6, 6.07) is 52.7. The minimum absolute atomic E-state index is 0.555. The van der Waals surface area contributed by atoms with Gasteiger partial charge in [0.05, 0.1) is 11.0 Å². The third kappa shape index (κ3) is 6.19. The van der Waals surface area contributed by atoms with Gasteiger partial charge < -0.3 is 8.98 Å². The van der Waals surface area contributed by atoms with E-state index in [4.69, 9.17) is 24.8 Å². The van der Waals surface area contributed by atoms with Gasteiger partial charge in [0.25, 0.3) is 0 Å². The van der Waals surface area contributed by atoms with Crippen molar-refractivity contribution in [3.8, 4) is 33.8 Å². The van der Waals surface area contributed by atoms with E-state index in [0.717, 1.165) is 79.9 Å². The summed E-state index contributed by atoms with van der Waals surface area (Å²) in [5.74, 6) is 2.29. The molecule has 8 nitrogen and oxygen atoms in total. The van der Waals surface area contributed by atoms with Crippen molar-refractivity contribution in [1.82, 2.24) is 34.7 Å². The molecule has 3 aromatic heterocycles. The number of rotatable bonds is 11. The van der Waals surface area contributed by atoms with Crippen molar-refractivity contribution in [2.75, 3.05) is 0 Å². The van der Waals surface area contributed by atoms with Gasteiger partial charge in [-0.15, -0.1) is 15.0 Å². The molecule has 9 aromatic rings. The number of hydrogen-bond donors (Lipinski definition) is 0. The minimum Gasteiger partial charge on any atom is -0.449 e. The van der Waals surface area contributed by atoms with Crippen LogP contribution in [0.15, 0.2) is 162 Å². The Morgan fingerprint density at radius 2 is 1.25 bits per heavy atom. The molecule has 8 heteroatoms. The van der Waals surface area contributed by atoms with E-state index < -0.39 is 5.54 Å². The van der Waals surface area contributed by atoms with Crippen molar-refractivity contribution >= 4 is 11.0 Å². The maximum Gasteiger partial charge on any atom is 0.205 e. The maximum absolute atomic E-state index is 5.55. The largest absolute Gasteiger partial charge is 0.449 e. The summed E-state index contributed by atoms with van der Waals surface area (Å²) < 4.78 is 7.90. The molecule has 9 rings (SSSR count). The van der Waals surface area contributed by atoms with Crippen molar-refractivity contribution < 1.29 is 4.42 Å². The molecular formula is C48H41N7O. The van der Waals surface area contributed by atoms with Gasteiger partial charge in [-0.2, -0.15) is 0 Å². The molecule has 0 radical (unpaired) electrons. The molecule has 0 unspecified atom stereocenters. The van der Waals surface area contributed by atoms with Gasteiger partial charge >= 0.3 is 0 Å². The summed E-state index contributed by atoms with van der Waals surface area (Å²) >= 11 is 0. The molecule has 0 bridgehead atoms. The standard InChI is InChI=1S/C48H41N7O/c1-4-16-45-50-46-33(2)29-37(43-32-56-34(3)49-43)30-44(46)54(45)31-35-25-27-36(28-26-35)41-23-14-15-24-42(41)47-51-53-55(52-47)48(38-17-8-5-9-18-38,39-19-10-6-11-20-39)40-21-12-7-13-22-40/h5-15,17-30,32H,4,16,31H2,1-3H3. The molecule has 0 spiro atoms. The van der Waals surface area contributed by atoms with Crippen LogP contribution >= 0.6 is 0 Å². The maximum atomic E-state index is 5.55. The fourth-order valence-electron chi connectivity index (χ4n) is 7.93. The molecule has 6 aromatic carbocycles. The second kappa shape index (κ2) is 14.7. The fourth-order valence-corrected chi connectivity index (χ4v) is 7.93. The molecule has 0 aliphatic heterocycles. The van der Waals surface area contributed by atoms with E-state index in [2.05, 4.69) is 151 Å². The highest BCUT2D eigenvalue weighted by Crippen LogP contribution is 2.40. The van der Waals surface area contributed by atoms with Crippen LogP contribution in [0.2, 0.25) is 0 Å². The molecule has 274 valence electrons. The average molecular weight is 732 g/mol. The van der Waals surface area contributed by atoms with Gasteiger partial charge in [0, 0.05) is 31.0 Å². The van der Waals surface area contributed by atoms with E-state index in [9.17, 15) is 0 Å². The van der Waals surface area contributed by atoms with E-state index in [1.165, 1.54) is 5.56 Å². The normalized spacial score (nSPS) is 11.7. The lowest BCUT2D eigenvalue weighted by molar-refractivity contribution is 0.396. The molecule has 0 amide bonds. The number of aromatic nitrogens is 7. The van der Waals surface area contributed by atoms with E-state index in [1.807, 2.05) is 31.2 Å². The number of tetrazole rings is 1. The predicted molar refractivity (Wildman–Crippen MR) is 221 cm³/mol. The lowest BCUT2D eigenvalue weighted by atomic mass is 9.77. The van der Waals surface area contributed by atoms with Crippen molar-refractivity contribution in [3.63, 3.8) is 0 Å². The van der Waals surface area contributed by atoms with E-state index in [1.54, 1.807) is 11.1 Å². The number of fused-ring (bicyclic) bond motifs is 1. The molecule has 0 aliphatic carbocycles. The smallest absolute Gasteiger partial charge is 0.205 e. The van der Waals surface area contributed by atoms with Gasteiger partial charge in [0.15, 0.2) is 11.4 Å². The fraction of sp³-hybridized carbons (Fsp3) is 0.146. The summed E-state index contributed by atoms with van der Waals surface area (Å²) in [6.45, 7) is 6.89. The van der Waals surface area contributed by atoms with Crippen LogP contribution in [0, 0.1) is 13.8 Å². The van der Waals surface area contributed by atoms with Crippen LogP contribution in [-0.2, 0) is 18.5 Å². The van der Waals surface area contributed by atoms with Crippen LogP contribution in [0.3, 0.4) is 0 Å². The summed E-state index contributed by atoms with van der Waals surface area (Å²) in [5.41, 5.74) is 11.6. The monoisotopic (exact) mass is 731 g/mol. The Morgan fingerprint density at radius 1 is 0.643 bits per heavy atom. The number of aryl methyl sites for hydroxylation is 3. The van der Waals surface area contributed by atoms with Crippen molar-refractivity contribution in [3.05, 3.63) is 197 Å². The van der Waals surface area contributed by atoms with Crippen LogP contribution in [0.25, 0.3) is 44.8 Å². The highest BCUT2D eigenvalue weighted by molar-refractivity contribution is 5.85. The summed E-state index contributed by atoms with van der Waals surface area (Å²) in [4.78, 5) is 11.5. The Morgan fingerprint density at radius 3 is 1.84 bits per heavy atom. The second-order valence-corrected chi connectivity index (χ2v) is 14.2. The molecule has 56 heavy (non-hydrogen) atoms. The number of oxazole rings is 1. The molecule has 0 N–H and O–H groups in total. The Labute approximate surface area is 326 Å². The van der Waals surface area contributed by atoms with Crippen molar-refractivity contribution in [1.29, 1.82) is 0 Å². The third-order valence-corrected chi connectivity index (χ3v) is 10.6. The zero-order chi connectivity index (χ0) is 38.1. The zero-order valence-corrected chi connectivity index (χ0v) is 31.7. The van der Waals surface area contributed by atoms with Gasteiger partial charge in [-0.25, -0.2) is 9.97 Å². The van der Waals surface area contributed by atoms with Gasteiger partial charge in [-0.05, 0) is 69.6 Å². The minimum atomic E-state index is -0.854. The number of imidazole rings is 1. The SMILES string of the molecule is CCCc1nc2c(C)cc(-c3coc(C)n3)cc2n1Cc1ccc(-c2ccccc2-c2nnn(C(c3ccccc3)(c3ccccc3)c3ccccc3)n2)cc1. The Balaban J connectivity index is 1.09. The predicted octanol–water partition coefficient (Wildman–Crippen LogP) is 10.5. The molecule has 0 saturated heterocycles. The zero-order valence-electron chi connectivity index (χ0n) is 31.7. The molecule has 0 aliphatic rings. The first-order valence-electron chi connectivity index (χ1n) is 19.1. The van der Waals surface area contributed by atoms with Crippen molar-refractivity contribution in [2.45, 2.75) is 45.7 Å². The topological polar surface area (TPSA) is 87.5 Å². The first-order valence-corrected chi connectivity index (χ1v) is 19.1. The highest BCUT2D eigenvalue weighted by Gasteiger charge is 2.41. The Bertz CT molecular complexity index is 2650. The van der Waals surface area contributed by atoms with Crippen LogP contribution in [0.1, 0.15) is 52.9 Å². The van der Waals surface area contributed by atoms with E-state index in [0.29, 0.717) is 18.3 Å². The Kier molecular flexibility index (Phi) is 9.15. The summed E-state index contributed by atoms with van der Waals surface area (Å²) in [5, 5.41) is 14.8. The van der Waals surface area contributed by atoms with Gasteiger partial charge in [0.1, 0.15) is 17.8 Å². The lowest BCUT2D eigenvalue weighted by Gasteiger charge is -2.34. The number of nitrogens with zero attached hydrogens (tertiary/aromatic N) is 7. The van der Waals surface area contributed by atoms with Crippen molar-refractivity contribution in [2.24, 2.45) is 0 Å². The first-order chi connectivity index (χ1) is 27.5. The third-order valence-electron chi connectivity index (χ3n) is 10.6. The Hall–Kier alpha value is -6.93. The molecular weight excluding hydrogens is 691 g/mol. The second-order valence-electron chi connectivity index (χ2n) is 14.2. The van der Waals surface area contributed by atoms with E-state index >= 15 is 0 Å². The van der Waals surface area contributed by atoms with E-state index in [-0.39, 0.29) is 0 Å². The van der Waals surface area contributed by atoms with Crippen LogP contribution < -0.4 is 0 Å². The summed E-state index contributed by atoms with van der Waals surface area (Å²) in [6.07, 6.45) is 3.63.